The molecule has 0 heterocycles. The lowest BCUT2D eigenvalue weighted by molar-refractivity contribution is -0.136. The first-order chi connectivity index (χ1) is 11.0. The average Bonchev–Trinajstić information content (AvgIpc) is 2.57. The van der Waals surface area contributed by atoms with Crippen molar-refractivity contribution in [1.82, 2.24) is 0 Å². The van der Waals surface area contributed by atoms with Crippen LogP contribution >= 0.6 is 0 Å². The first kappa shape index (κ1) is 25.2. The van der Waals surface area contributed by atoms with E-state index in [-0.39, 0.29) is 6.29 Å². The van der Waals surface area contributed by atoms with Gasteiger partial charge in [0.05, 0.1) is 25.7 Å². The highest BCUT2D eigenvalue weighted by atomic mass is 19.1. The number of halogens is 1. The molecule has 0 aliphatic heterocycles. The predicted octanol–water partition coefficient (Wildman–Crippen LogP) is -5.43. The second-order valence-electron chi connectivity index (χ2n) is 4.72. The molecule has 0 fully saturated rings. The topological polar surface area (TPSA) is 216 Å². The van der Waals surface area contributed by atoms with Crippen molar-refractivity contribution >= 4 is 12.3 Å². The number of aliphatic hydroxyl groups is 9. The quantitative estimate of drug-likeness (QED) is 0.132. The standard InChI is InChI=1S/C6H11FO5.C6H12O6/c7-5(11)1-3(9)6(12)4(10)2-8;7-1-3(9)5(11)6(12)4(10)2-8/h3-4,6,8-10,12H,1-2H2;1,3-6,8-12H,2H2/t3-,4-,6+;3-,4+,5+,6+/m10/s1. The smallest absolute Gasteiger partial charge is 0.304 e. The molecule has 11 nitrogen and oxygen atoms in total. The predicted molar refractivity (Wildman–Crippen MR) is 73.0 cm³/mol. The van der Waals surface area contributed by atoms with Crippen molar-refractivity contribution in [2.24, 2.45) is 0 Å². The molecule has 0 aromatic rings. The highest BCUT2D eigenvalue weighted by Crippen LogP contribution is 2.05. The van der Waals surface area contributed by atoms with Gasteiger partial charge in [0.2, 0.25) is 0 Å². The Hall–Kier alpha value is -1.09. The molecule has 0 bridgehead atoms. The van der Waals surface area contributed by atoms with E-state index in [0.717, 1.165) is 0 Å². The van der Waals surface area contributed by atoms with Crippen LogP contribution in [0.3, 0.4) is 0 Å². The van der Waals surface area contributed by atoms with Gasteiger partial charge in [0, 0.05) is 0 Å². The molecule has 0 aromatic heterocycles. The Kier molecular flexibility index (Phi) is 13.9. The first-order valence-electron chi connectivity index (χ1n) is 6.65. The van der Waals surface area contributed by atoms with Crippen LogP contribution < -0.4 is 0 Å². The molecule has 144 valence electrons. The van der Waals surface area contributed by atoms with E-state index in [9.17, 15) is 14.0 Å². The van der Waals surface area contributed by atoms with Crippen LogP contribution in [0.15, 0.2) is 0 Å². The molecule has 0 saturated carbocycles. The Morgan fingerprint density at radius 2 is 1.21 bits per heavy atom. The van der Waals surface area contributed by atoms with Gasteiger partial charge >= 0.3 is 6.04 Å². The molecule has 0 unspecified atom stereocenters. The van der Waals surface area contributed by atoms with Crippen LogP contribution in [0.5, 0.6) is 0 Å². The first-order valence-corrected chi connectivity index (χ1v) is 6.65. The molecular formula is C12H23FO11. The fourth-order valence-corrected chi connectivity index (χ4v) is 1.27. The van der Waals surface area contributed by atoms with E-state index in [1.165, 1.54) is 0 Å². The van der Waals surface area contributed by atoms with Crippen molar-refractivity contribution in [3.8, 4) is 0 Å². The van der Waals surface area contributed by atoms with Crippen molar-refractivity contribution in [3.63, 3.8) is 0 Å². The largest absolute Gasteiger partial charge is 0.394 e. The molecule has 9 N–H and O–H groups in total. The zero-order valence-corrected chi connectivity index (χ0v) is 12.5. The van der Waals surface area contributed by atoms with Gasteiger partial charge in [-0.25, -0.2) is 0 Å². The number of aldehydes is 1. The van der Waals surface area contributed by atoms with Crippen LogP contribution in [0, 0.1) is 0 Å². The molecule has 12 heteroatoms. The fourth-order valence-electron chi connectivity index (χ4n) is 1.27. The van der Waals surface area contributed by atoms with Gasteiger partial charge in [-0.2, -0.15) is 4.39 Å². The molecule has 24 heavy (non-hydrogen) atoms. The highest BCUT2D eigenvalue weighted by Gasteiger charge is 2.29. The SMILES string of the molecule is O=C(F)C[C@@H](O)[C@H](O)[C@H](O)CO.O=C[C@H](O)[C@@H](O)[C@H](O)[C@H](O)CO. The van der Waals surface area contributed by atoms with Crippen LogP contribution in [-0.4, -0.2) is 114 Å². The monoisotopic (exact) mass is 362 g/mol. The summed E-state index contributed by atoms with van der Waals surface area (Å²) in [6.45, 7) is -1.53. The number of aliphatic hydroxyl groups excluding tert-OH is 9. The van der Waals surface area contributed by atoms with Crippen LogP contribution in [0.4, 0.5) is 4.39 Å². The van der Waals surface area contributed by atoms with E-state index in [2.05, 4.69) is 0 Å². The van der Waals surface area contributed by atoms with Crippen molar-refractivity contribution in [1.29, 1.82) is 0 Å². The van der Waals surface area contributed by atoms with E-state index in [4.69, 9.17) is 46.0 Å². The lowest BCUT2D eigenvalue weighted by Gasteiger charge is -2.22. The number of hydrogen-bond acceptors (Lipinski definition) is 11. The lowest BCUT2D eigenvalue weighted by Crippen LogP contribution is -2.46. The molecule has 7 atom stereocenters. The Bertz CT molecular complexity index is 356. The minimum Gasteiger partial charge on any atom is -0.394 e. The number of carbonyl (C=O) groups is 2. The molecule has 0 saturated heterocycles. The van der Waals surface area contributed by atoms with Gasteiger partial charge in [-0.15, -0.1) is 0 Å². The summed E-state index contributed by atoms with van der Waals surface area (Å²) in [5.41, 5.74) is 0. The maximum Gasteiger partial charge on any atom is 0.304 e. The third kappa shape index (κ3) is 9.92. The molecule has 0 aliphatic rings. The van der Waals surface area contributed by atoms with Crippen LogP contribution in [0.2, 0.25) is 0 Å². The maximum atomic E-state index is 11.6. The van der Waals surface area contributed by atoms with E-state index >= 15 is 0 Å². The van der Waals surface area contributed by atoms with E-state index in [1.807, 2.05) is 0 Å². The van der Waals surface area contributed by atoms with Crippen molar-refractivity contribution < 1.29 is 59.9 Å². The third-order valence-electron chi connectivity index (χ3n) is 2.77. The summed E-state index contributed by atoms with van der Waals surface area (Å²) >= 11 is 0. The van der Waals surface area contributed by atoms with Gasteiger partial charge in [0.1, 0.15) is 36.6 Å². The Morgan fingerprint density at radius 1 is 0.792 bits per heavy atom. The second-order valence-corrected chi connectivity index (χ2v) is 4.72. The summed E-state index contributed by atoms with van der Waals surface area (Å²) in [4.78, 5) is 19.7. The maximum absolute atomic E-state index is 11.6. The number of carbonyl (C=O) groups excluding carboxylic acids is 2. The van der Waals surface area contributed by atoms with E-state index in [0.29, 0.717) is 0 Å². The Balaban J connectivity index is 0. The van der Waals surface area contributed by atoms with E-state index in [1.54, 1.807) is 0 Å². The molecule has 0 radical (unpaired) electrons. The van der Waals surface area contributed by atoms with Crippen molar-refractivity contribution in [3.05, 3.63) is 0 Å². The van der Waals surface area contributed by atoms with Crippen LogP contribution in [0.1, 0.15) is 6.42 Å². The van der Waals surface area contributed by atoms with Gasteiger partial charge < -0.3 is 50.8 Å². The van der Waals surface area contributed by atoms with Crippen molar-refractivity contribution in [2.75, 3.05) is 13.2 Å². The zero-order chi connectivity index (χ0) is 19.4. The third-order valence-corrected chi connectivity index (χ3v) is 2.77. The molecule has 0 aliphatic carbocycles. The van der Waals surface area contributed by atoms with Gasteiger partial charge in [-0.1, -0.05) is 0 Å². The van der Waals surface area contributed by atoms with Gasteiger partial charge in [-0.3, -0.25) is 4.79 Å². The van der Waals surface area contributed by atoms with Gasteiger partial charge in [0.25, 0.3) is 0 Å². The molecular weight excluding hydrogens is 339 g/mol. The summed E-state index contributed by atoms with van der Waals surface area (Å²) in [6.07, 6.45) is -12.7. The number of hydrogen-bond donors (Lipinski definition) is 9. The molecule has 0 spiro atoms. The molecule has 0 rings (SSSR count). The summed E-state index contributed by atoms with van der Waals surface area (Å²) < 4.78 is 11.6. The van der Waals surface area contributed by atoms with Crippen LogP contribution in [-0.2, 0) is 9.59 Å². The van der Waals surface area contributed by atoms with Crippen LogP contribution in [0.25, 0.3) is 0 Å². The summed E-state index contributed by atoms with van der Waals surface area (Å²) in [5.74, 6) is 0. The second kappa shape index (κ2) is 13.2. The van der Waals surface area contributed by atoms with Crippen molar-refractivity contribution in [2.45, 2.75) is 49.1 Å². The Morgan fingerprint density at radius 3 is 1.54 bits per heavy atom. The minimum atomic E-state index is -1.79. The summed E-state index contributed by atoms with van der Waals surface area (Å²) in [7, 11) is 0. The molecule has 0 aromatic carbocycles. The normalized spacial score (nSPS) is 19.8. The average molecular weight is 362 g/mol. The van der Waals surface area contributed by atoms with Gasteiger partial charge in [-0.05, 0) is 0 Å². The van der Waals surface area contributed by atoms with E-state index < -0.39 is 68.4 Å². The minimum absolute atomic E-state index is 0.0258. The summed E-state index contributed by atoms with van der Waals surface area (Å²) in [5, 5.41) is 78.2. The Labute approximate surface area is 135 Å². The lowest BCUT2D eigenvalue weighted by atomic mass is 10.0. The highest BCUT2D eigenvalue weighted by molar-refractivity contribution is 5.68. The van der Waals surface area contributed by atoms with Gasteiger partial charge in [0.15, 0.2) is 6.29 Å². The zero-order valence-electron chi connectivity index (χ0n) is 12.5. The number of rotatable bonds is 10. The fraction of sp³-hybridized carbons (Fsp3) is 0.833. The molecule has 0 amide bonds. The summed E-state index contributed by atoms with van der Waals surface area (Å²) in [6, 6.07) is -1.79.